The highest BCUT2D eigenvalue weighted by atomic mass is 32.1. The van der Waals surface area contributed by atoms with Crippen molar-refractivity contribution in [2.24, 2.45) is 9.98 Å². The average molecular weight is 724 g/mol. The number of hydrogen-bond acceptors (Lipinski definition) is 6. The van der Waals surface area contributed by atoms with Crippen LogP contribution in [0.1, 0.15) is 22.9 Å². The number of hydrogen-bond donors (Lipinski definition) is 1. The zero-order valence-corrected chi connectivity index (χ0v) is 30.1. The first-order chi connectivity index (χ1) is 27.2. The summed E-state index contributed by atoms with van der Waals surface area (Å²) in [6.45, 7) is 0. The third-order valence-corrected chi connectivity index (χ3v) is 12.1. The molecule has 0 spiro atoms. The van der Waals surface area contributed by atoms with Crippen LogP contribution in [0.15, 0.2) is 183 Å². The number of fused-ring (bicyclic) bond motifs is 10. The Hall–Kier alpha value is -7.02. The fourth-order valence-corrected chi connectivity index (χ4v) is 9.45. The van der Waals surface area contributed by atoms with Crippen molar-refractivity contribution < 1.29 is 8.83 Å². The van der Waals surface area contributed by atoms with E-state index in [-0.39, 0.29) is 0 Å². The minimum Gasteiger partial charge on any atom is -0.456 e. The van der Waals surface area contributed by atoms with Gasteiger partial charge in [-0.25, -0.2) is 9.98 Å². The van der Waals surface area contributed by atoms with Crippen molar-refractivity contribution in [1.82, 2.24) is 5.32 Å². The average Bonchev–Trinajstić information content (AvgIpc) is 3.93. The highest BCUT2D eigenvalue weighted by Gasteiger charge is 2.27. The summed E-state index contributed by atoms with van der Waals surface area (Å²) in [5.41, 5.74) is 8.38. The van der Waals surface area contributed by atoms with E-state index in [0.717, 1.165) is 82.9 Å². The Morgan fingerprint density at radius 1 is 0.491 bits per heavy atom. The summed E-state index contributed by atoms with van der Waals surface area (Å²) in [4.78, 5) is 10.9. The molecule has 0 radical (unpaired) electrons. The Kier molecular flexibility index (Phi) is 6.50. The van der Waals surface area contributed by atoms with Crippen molar-refractivity contribution in [2.75, 3.05) is 0 Å². The van der Waals surface area contributed by atoms with Crippen LogP contribution in [0.5, 0.6) is 0 Å². The van der Waals surface area contributed by atoms with Gasteiger partial charge < -0.3 is 14.2 Å². The molecule has 11 aromatic rings. The maximum absolute atomic E-state index is 6.50. The second-order valence-corrected chi connectivity index (χ2v) is 15.2. The number of furan rings is 2. The molecule has 1 aliphatic heterocycles. The first-order valence-corrected chi connectivity index (χ1v) is 19.2. The molecule has 55 heavy (non-hydrogen) atoms. The summed E-state index contributed by atoms with van der Waals surface area (Å²) in [5.74, 6) is 1.39. The van der Waals surface area contributed by atoms with Crippen molar-refractivity contribution >= 4 is 97.8 Å². The van der Waals surface area contributed by atoms with Crippen LogP contribution in [0, 0.1) is 0 Å². The van der Waals surface area contributed by atoms with Crippen molar-refractivity contribution in [3.8, 4) is 11.1 Å². The molecule has 258 valence electrons. The number of para-hydroxylation sites is 2. The number of nitrogens with one attached hydrogen (secondary N) is 1. The Labute approximate surface area is 318 Å². The van der Waals surface area contributed by atoms with Gasteiger partial charge in [0.25, 0.3) is 0 Å². The van der Waals surface area contributed by atoms with E-state index in [1.54, 1.807) is 0 Å². The van der Waals surface area contributed by atoms with Crippen LogP contribution in [0.3, 0.4) is 0 Å². The molecule has 0 aliphatic carbocycles. The van der Waals surface area contributed by atoms with Gasteiger partial charge in [0.1, 0.15) is 34.3 Å². The normalized spacial score (nSPS) is 14.7. The summed E-state index contributed by atoms with van der Waals surface area (Å²) in [7, 11) is 0. The van der Waals surface area contributed by atoms with E-state index in [9.17, 15) is 0 Å². The zero-order valence-electron chi connectivity index (χ0n) is 29.3. The lowest BCUT2D eigenvalue weighted by atomic mass is 9.93. The molecule has 1 unspecified atom stereocenters. The van der Waals surface area contributed by atoms with Gasteiger partial charge in [0.05, 0.1) is 0 Å². The van der Waals surface area contributed by atoms with Gasteiger partial charge in [-0.15, -0.1) is 11.3 Å². The molecular formula is C49H29N3O2S. The number of benzene rings is 8. The number of aliphatic imine (C=N–C) groups is 2. The molecule has 12 rings (SSSR count). The summed E-state index contributed by atoms with van der Waals surface area (Å²) >= 11 is 1.82. The van der Waals surface area contributed by atoms with Crippen LogP contribution < -0.4 is 5.32 Å². The highest BCUT2D eigenvalue weighted by molar-refractivity contribution is 7.25. The number of thiophene rings is 1. The maximum atomic E-state index is 6.50. The highest BCUT2D eigenvalue weighted by Crippen LogP contribution is 2.42. The lowest BCUT2D eigenvalue weighted by Crippen LogP contribution is -2.33. The molecule has 0 saturated carbocycles. The van der Waals surface area contributed by atoms with Gasteiger partial charge in [-0.1, -0.05) is 115 Å². The number of amidine groups is 2. The third kappa shape index (κ3) is 4.78. The molecule has 8 aromatic carbocycles. The Morgan fingerprint density at radius 2 is 1.18 bits per heavy atom. The third-order valence-electron chi connectivity index (χ3n) is 10.9. The predicted molar refractivity (Wildman–Crippen MR) is 229 cm³/mol. The zero-order chi connectivity index (χ0) is 36.0. The van der Waals surface area contributed by atoms with Crippen LogP contribution >= 0.6 is 11.3 Å². The van der Waals surface area contributed by atoms with E-state index in [2.05, 4.69) is 139 Å². The second kappa shape index (κ2) is 11.7. The molecule has 0 amide bonds. The Bertz CT molecular complexity index is 3440. The first-order valence-electron chi connectivity index (χ1n) is 18.4. The van der Waals surface area contributed by atoms with Crippen molar-refractivity contribution in [3.05, 3.63) is 180 Å². The molecule has 3 aromatic heterocycles. The van der Waals surface area contributed by atoms with Crippen LogP contribution in [0.2, 0.25) is 0 Å². The summed E-state index contributed by atoms with van der Waals surface area (Å²) in [6, 6.07) is 57.4. The van der Waals surface area contributed by atoms with Crippen molar-refractivity contribution in [3.63, 3.8) is 0 Å². The SMILES string of the molecule is c1ccc2cc(C3=NC(c4c(-c5ccc6c(c5)sc5ccccc56)ccc5oc6ccccc6c45)=NC(c4ccc5c(c4)oc4ccccc45)N3)ccc2c1. The van der Waals surface area contributed by atoms with Crippen molar-refractivity contribution in [2.45, 2.75) is 6.17 Å². The molecule has 4 heterocycles. The first kappa shape index (κ1) is 30.4. The van der Waals surface area contributed by atoms with Gasteiger partial charge in [0.15, 0.2) is 5.84 Å². The van der Waals surface area contributed by atoms with Gasteiger partial charge in [0, 0.05) is 58.4 Å². The van der Waals surface area contributed by atoms with Crippen LogP contribution in [-0.4, -0.2) is 11.7 Å². The van der Waals surface area contributed by atoms with Crippen LogP contribution in [-0.2, 0) is 0 Å². The molecule has 5 nitrogen and oxygen atoms in total. The molecule has 0 bridgehead atoms. The summed E-state index contributed by atoms with van der Waals surface area (Å²) in [6.07, 6.45) is -0.446. The Morgan fingerprint density at radius 3 is 2.09 bits per heavy atom. The van der Waals surface area contributed by atoms with Gasteiger partial charge in [0.2, 0.25) is 0 Å². The standard InChI is InChI=1S/C49H29N3O2S/c1-2-10-29-25-31(18-17-28(29)9-1)47-50-48(32-20-21-35-34-11-3-6-14-39(34)54-42(35)26-32)52-49(51-47)46-33(23-24-41-45(46)38-13-4-7-15-40(38)53-41)30-19-22-37-36-12-5-8-16-43(36)55-44(37)27-30/h1-27,48H,(H,50,51,52). The molecule has 0 fully saturated rings. The van der Waals surface area contributed by atoms with Crippen LogP contribution in [0.25, 0.3) is 85.9 Å². The number of rotatable bonds is 4. The minimum absolute atomic E-state index is 0.446. The smallest absolute Gasteiger partial charge is 0.160 e. The molecule has 1 atom stereocenters. The second-order valence-electron chi connectivity index (χ2n) is 14.1. The predicted octanol–water partition coefficient (Wildman–Crippen LogP) is 13.2. The van der Waals surface area contributed by atoms with Gasteiger partial charge in [-0.3, -0.25) is 0 Å². The maximum Gasteiger partial charge on any atom is 0.160 e. The van der Waals surface area contributed by atoms with Crippen molar-refractivity contribution in [1.29, 1.82) is 0 Å². The summed E-state index contributed by atoms with van der Waals surface area (Å²) < 4.78 is 15.4. The van der Waals surface area contributed by atoms with Gasteiger partial charge in [-0.05, 0) is 70.4 Å². The van der Waals surface area contributed by atoms with E-state index in [1.807, 2.05) is 41.7 Å². The minimum atomic E-state index is -0.446. The molecular weight excluding hydrogens is 695 g/mol. The lowest BCUT2D eigenvalue weighted by Gasteiger charge is -2.25. The van der Waals surface area contributed by atoms with Crippen LogP contribution in [0.4, 0.5) is 0 Å². The number of nitrogens with zero attached hydrogens (tertiary/aromatic N) is 2. The fraction of sp³-hybridized carbons (Fsp3) is 0.0204. The molecule has 6 heteroatoms. The molecule has 1 aliphatic rings. The van der Waals surface area contributed by atoms with E-state index in [1.165, 1.54) is 25.6 Å². The van der Waals surface area contributed by atoms with E-state index in [0.29, 0.717) is 5.84 Å². The van der Waals surface area contributed by atoms with E-state index >= 15 is 0 Å². The molecule has 0 saturated heterocycles. The van der Waals surface area contributed by atoms with E-state index in [4.69, 9.17) is 18.8 Å². The topological polar surface area (TPSA) is 63.0 Å². The largest absolute Gasteiger partial charge is 0.456 e. The van der Waals surface area contributed by atoms with E-state index < -0.39 is 6.17 Å². The molecule has 1 N–H and O–H groups in total. The monoisotopic (exact) mass is 723 g/mol. The van der Waals surface area contributed by atoms with Gasteiger partial charge >= 0.3 is 0 Å². The fourth-order valence-electron chi connectivity index (χ4n) is 8.31. The quantitative estimate of drug-likeness (QED) is 0.197. The summed E-state index contributed by atoms with van der Waals surface area (Å²) in [5, 5.41) is 12.8. The Balaban J connectivity index is 1.12. The lowest BCUT2D eigenvalue weighted by molar-refractivity contribution is 0.655. The van der Waals surface area contributed by atoms with Gasteiger partial charge in [-0.2, -0.15) is 0 Å².